The largest absolute Gasteiger partial charge is 0.466 e. The fourth-order valence-corrected chi connectivity index (χ4v) is 1.90. The molecule has 2 aromatic rings. The van der Waals surface area contributed by atoms with E-state index in [1.165, 1.54) is 5.56 Å². The minimum Gasteiger partial charge on any atom is -0.466 e. The lowest BCUT2D eigenvalue weighted by Gasteiger charge is -2.11. The molecule has 92 valence electrons. The summed E-state index contributed by atoms with van der Waals surface area (Å²) in [5.41, 5.74) is 1.19. The van der Waals surface area contributed by atoms with E-state index >= 15 is 0 Å². The maximum Gasteiger partial charge on any atom is 0.164 e. The molecule has 0 spiro atoms. The first-order chi connectivity index (χ1) is 8.06. The quantitative estimate of drug-likeness (QED) is 0.877. The lowest BCUT2D eigenvalue weighted by atomic mass is 10.1. The molecule has 0 saturated carbocycles. The Balaban J connectivity index is 1.97. The van der Waals surface area contributed by atoms with Crippen molar-refractivity contribution >= 4 is 0 Å². The van der Waals surface area contributed by atoms with E-state index in [1.54, 1.807) is 11.0 Å². The van der Waals surface area contributed by atoms with E-state index in [-0.39, 0.29) is 6.04 Å². The maximum absolute atomic E-state index is 5.52. The Morgan fingerprint density at radius 2 is 2.24 bits per heavy atom. The van der Waals surface area contributed by atoms with Crippen LogP contribution in [-0.4, -0.2) is 14.8 Å². The van der Waals surface area contributed by atoms with Crippen molar-refractivity contribution in [1.29, 1.82) is 0 Å². The fourth-order valence-electron chi connectivity index (χ4n) is 1.90. The number of nitrogens with one attached hydrogen (secondary N) is 1. The van der Waals surface area contributed by atoms with Crippen LogP contribution in [0.5, 0.6) is 0 Å². The number of rotatable bonds is 4. The van der Waals surface area contributed by atoms with E-state index in [9.17, 15) is 0 Å². The van der Waals surface area contributed by atoms with Crippen LogP contribution in [0.3, 0.4) is 0 Å². The Kier molecular flexibility index (Phi) is 3.28. The molecule has 0 aliphatic carbocycles. The second-order valence-electron chi connectivity index (χ2n) is 4.31. The molecular weight excluding hydrogens is 216 g/mol. The molecule has 2 heterocycles. The smallest absolute Gasteiger partial charge is 0.164 e. The zero-order valence-corrected chi connectivity index (χ0v) is 10.7. The van der Waals surface area contributed by atoms with Crippen molar-refractivity contribution < 1.29 is 4.42 Å². The number of aryl methyl sites for hydroxylation is 3. The van der Waals surface area contributed by atoms with Gasteiger partial charge in [0, 0.05) is 18.7 Å². The Morgan fingerprint density at radius 1 is 1.47 bits per heavy atom. The van der Waals surface area contributed by atoms with Gasteiger partial charge in [0.25, 0.3) is 0 Å². The van der Waals surface area contributed by atoms with Crippen molar-refractivity contribution in [2.45, 2.75) is 33.4 Å². The van der Waals surface area contributed by atoms with Crippen molar-refractivity contribution in [3.63, 3.8) is 0 Å². The molecule has 0 aromatic carbocycles. The Bertz CT molecular complexity index is 500. The average Bonchev–Trinajstić information content (AvgIpc) is 2.81. The van der Waals surface area contributed by atoms with Gasteiger partial charge in [-0.05, 0) is 26.8 Å². The number of hydrogen-bond donors (Lipinski definition) is 1. The van der Waals surface area contributed by atoms with Crippen molar-refractivity contribution in [2.75, 3.05) is 0 Å². The first kappa shape index (κ1) is 11.9. The molecule has 1 unspecified atom stereocenters. The van der Waals surface area contributed by atoms with Crippen LogP contribution >= 0.6 is 0 Å². The van der Waals surface area contributed by atoms with Gasteiger partial charge < -0.3 is 9.73 Å². The molecule has 0 radical (unpaired) electrons. The van der Waals surface area contributed by atoms with Crippen LogP contribution in [0.15, 0.2) is 16.8 Å². The summed E-state index contributed by atoms with van der Waals surface area (Å²) in [6.45, 7) is 6.72. The van der Waals surface area contributed by atoms with Crippen LogP contribution in [0.4, 0.5) is 0 Å². The Morgan fingerprint density at radius 3 is 2.76 bits per heavy atom. The van der Waals surface area contributed by atoms with Crippen LogP contribution in [0, 0.1) is 13.8 Å². The zero-order valence-electron chi connectivity index (χ0n) is 10.7. The summed E-state index contributed by atoms with van der Waals surface area (Å²) in [4.78, 5) is 4.17. The summed E-state index contributed by atoms with van der Waals surface area (Å²) in [5, 5.41) is 7.61. The zero-order chi connectivity index (χ0) is 12.4. The van der Waals surface area contributed by atoms with Gasteiger partial charge in [0.15, 0.2) is 5.82 Å². The van der Waals surface area contributed by atoms with E-state index in [0.717, 1.165) is 17.3 Å². The van der Waals surface area contributed by atoms with Crippen molar-refractivity contribution in [2.24, 2.45) is 7.05 Å². The van der Waals surface area contributed by atoms with Gasteiger partial charge in [-0.2, -0.15) is 5.10 Å². The first-order valence-electron chi connectivity index (χ1n) is 5.71. The van der Waals surface area contributed by atoms with E-state index in [1.807, 2.05) is 20.9 Å². The highest BCUT2D eigenvalue weighted by atomic mass is 16.3. The van der Waals surface area contributed by atoms with Crippen LogP contribution in [0.1, 0.15) is 35.9 Å². The third-order valence-corrected chi connectivity index (χ3v) is 2.76. The SMILES string of the molecule is Cc1cc(C(C)NCc2ncn(C)n2)c(C)o1. The molecule has 5 nitrogen and oxygen atoms in total. The fraction of sp³-hybridized carbons (Fsp3) is 0.500. The third-order valence-electron chi connectivity index (χ3n) is 2.76. The van der Waals surface area contributed by atoms with Crippen LogP contribution < -0.4 is 5.32 Å². The molecule has 2 aromatic heterocycles. The molecule has 0 aliphatic heterocycles. The van der Waals surface area contributed by atoms with Crippen LogP contribution in [0.2, 0.25) is 0 Å². The van der Waals surface area contributed by atoms with E-state index in [0.29, 0.717) is 6.54 Å². The van der Waals surface area contributed by atoms with Crippen molar-refractivity contribution in [1.82, 2.24) is 20.1 Å². The molecule has 0 bridgehead atoms. The molecule has 0 fully saturated rings. The number of furan rings is 1. The summed E-state index contributed by atoms with van der Waals surface area (Å²) < 4.78 is 7.22. The first-order valence-corrected chi connectivity index (χ1v) is 5.71. The van der Waals surface area contributed by atoms with Crippen molar-refractivity contribution in [3.8, 4) is 0 Å². The van der Waals surface area contributed by atoms with Gasteiger partial charge in [0.05, 0.1) is 6.54 Å². The van der Waals surface area contributed by atoms with Crippen LogP contribution in [0.25, 0.3) is 0 Å². The van der Waals surface area contributed by atoms with Gasteiger partial charge in [-0.3, -0.25) is 4.68 Å². The monoisotopic (exact) mass is 234 g/mol. The lowest BCUT2D eigenvalue weighted by molar-refractivity contribution is 0.488. The predicted octanol–water partition coefficient (Wildman–Crippen LogP) is 1.88. The normalized spacial score (nSPS) is 12.9. The molecule has 0 saturated heterocycles. The summed E-state index contributed by atoms with van der Waals surface area (Å²) in [6, 6.07) is 2.30. The van der Waals surface area contributed by atoms with Gasteiger partial charge in [-0.15, -0.1) is 0 Å². The molecule has 5 heteroatoms. The summed E-state index contributed by atoms with van der Waals surface area (Å²) in [6.07, 6.45) is 1.70. The van der Waals surface area contributed by atoms with E-state index in [2.05, 4.69) is 28.4 Å². The molecule has 1 N–H and O–H groups in total. The van der Waals surface area contributed by atoms with Gasteiger partial charge in [0.2, 0.25) is 0 Å². The molecule has 17 heavy (non-hydrogen) atoms. The number of nitrogens with zero attached hydrogens (tertiary/aromatic N) is 3. The minimum absolute atomic E-state index is 0.233. The molecule has 2 rings (SSSR count). The number of hydrogen-bond acceptors (Lipinski definition) is 4. The summed E-state index contributed by atoms with van der Waals surface area (Å²) in [7, 11) is 1.86. The van der Waals surface area contributed by atoms with Crippen LogP contribution in [-0.2, 0) is 13.6 Å². The highest BCUT2D eigenvalue weighted by molar-refractivity contribution is 5.23. The highest BCUT2D eigenvalue weighted by Crippen LogP contribution is 2.21. The van der Waals surface area contributed by atoms with Gasteiger partial charge in [-0.1, -0.05) is 0 Å². The highest BCUT2D eigenvalue weighted by Gasteiger charge is 2.12. The third kappa shape index (κ3) is 2.74. The van der Waals surface area contributed by atoms with E-state index in [4.69, 9.17) is 4.42 Å². The standard InChI is InChI=1S/C12H18N4O/c1-8-5-11(10(3)17-8)9(2)13-6-12-14-7-16(4)15-12/h5,7,9,13H,6H2,1-4H3. The minimum atomic E-state index is 0.233. The second kappa shape index (κ2) is 4.71. The average molecular weight is 234 g/mol. The van der Waals surface area contributed by atoms with Gasteiger partial charge in [-0.25, -0.2) is 4.98 Å². The maximum atomic E-state index is 5.52. The van der Waals surface area contributed by atoms with E-state index < -0.39 is 0 Å². The number of aromatic nitrogens is 3. The molecule has 0 aliphatic rings. The predicted molar refractivity (Wildman–Crippen MR) is 64.4 cm³/mol. The Hall–Kier alpha value is -1.62. The van der Waals surface area contributed by atoms with Gasteiger partial charge in [0.1, 0.15) is 17.8 Å². The van der Waals surface area contributed by atoms with Gasteiger partial charge >= 0.3 is 0 Å². The molecule has 0 amide bonds. The second-order valence-corrected chi connectivity index (χ2v) is 4.31. The summed E-state index contributed by atoms with van der Waals surface area (Å²) in [5.74, 6) is 2.72. The molecular formula is C12H18N4O. The topological polar surface area (TPSA) is 55.9 Å². The molecule has 1 atom stereocenters. The lowest BCUT2D eigenvalue weighted by Crippen LogP contribution is -2.19. The van der Waals surface area contributed by atoms with Crippen molar-refractivity contribution in [3.05, 3.63) is 35.3 Å². The Labute approximate surface area is 101 Å². The summed E-state index contributed by atoms with van der Waals surface area (Å²) >= 11 is 0.